The minimum atomic E-state index is -0.301. The van der Waals surface area contributed by atoms with Crippen molar-refractivity contribution in [3.63, 3.8) is 0 Å². The van der Waals surface area contributed by atoms with Crippen molar-refractivity contribution in [1.82, 2.24) is 14.8 Å². The summed E-state index contributed by atoms with van der Waals surface area (Å²) in [5, 5.41) is 8.22. The van der Waals surface area contributed by atoms with Crippen LogP contribution in [-0.4, -0.2) is 14.8 Å². The van der Waals surface area contributed by atoms with Crippen molar-refractivity contribution >= 4 is 27.5 Å². The van der Waals surface area contributed by atoms with E-state index in [1.807, 2.05) is 4.57 Å². The van der Waals surface area contributed by atoms with Crippen molar-refractivity contribution < 1.29 is 4.39 Å². The number of alkyl halides is 1. The third-order valence-corrected chi connectivity index (χ3v) is 3.59. The van der Waals surface area contributed by atoms with E-state index < -0.39 is 0 Å². The number of halogens is 3. The molecule has 0 saturated carbocycles. The van der Waals surface area contributed by atoms with E-state index in [2.05, 4.69) is 40.0 Å². The van der Waals surface area contributed by atoms with Crippen molar-refractivity contribution in [2.75, 3.05) is 0 Å². The van der Waals surface area contributed by atoms with Crippen LogP contribution < -0.4 is 0 Å². The molecular formula is C13H14BrClFN3. The van der Waals surface area contributed by atoms with Crippen molar-refractivity contribution in [3.8, 4) is 11.4 Å². The molecule has 0 atom stereocenters. The average Bonchev–Trinajstić information content (AvgIpc) is 2.74. The fourth-order valence-electron chi connectivity index (χ4n) is 1.86. The Bertz CT molecular complexity index is 583. The minimum absolute atomic E-state index is 0.284. The molecule has 19 heavy (non-hydrogen) atoms. The Balaban J connectivity index is 2.55. The van der Waals surface area contributed by atoms with Gasteiger partial charge in [-0.15, -0.1) is 21.8 Å². The monoisotopic (exact) mass is 345 g/mol. The summed E-state index contributed by atoms with van der Waals surface area (Å²) >= 11 is 9.30. The smallest absolute Gasteiger partial charge is 0.165 e. The van der Waals surface area contributed by atoms with Gasteiger partial charge in [0.25, 0.3) is 0 Å². The van der Waals surface area contributed by atoms with Crippen LogP contribution in [0.3, 0.4) is 0 Å². The van der Waals surface area contributed by atoms with Crippen molar-refractivity contribution in [1.29, 1.82) is 0 Å². The zero-order valence-electron chi connectivity index (χ0n) is 10.7. The van der Waals surface area contributed by atoms with Crippen LogP contribution in [0.4, 0.5) is 4.39 Å². The van der Waals surface area contributed by atoms with Crippen LogP contribution in [-0.2, 0) is 12.4 Å². The number of benzene rings is 1. The van der Waals surface area contributed by atoms with E-state index in [1.54, 1.807) is 6.07 Å². The van der Waals surface area contributed by atoms with Gasteiger partial charge in [0.1, 0.15) is 11.6 Å². The average molecular weight is 347 g/mol. The number of hydrogen-bond acceptors (Lipinski definition) is 2. The summed E-state index contributed by atoms with van der Waals surface area (Å²) in [6.45, 7) is 4.94. The van der Waals surface area contributed by atoms with E-state index in [9.17, 15) is 4.39 Å². The summed E-state index contributed by atoms with van der Waals surface area (Å²) in [5.74, 6) is 1.73. The van der Waals surface area contributed by atoms with Gasteiger partial charge in [0, 0.05) is 16.6 Å². The second kappa shape index (κ2) is 6.01. The number of hydrogen-bond donors (Lipinski definition) is 0. The molecule has 0 amide bonds. The summed E-state index contributed by atoms with van der Waals surface area (Å²) in [6, 6.07) is 4.52. The van der Waals surface area contributed by atoms with Gasteiger partial charge in [-0.2, -0.15) is 0 Å². The van der Waals surface area contributed by atoms with E-state index in [0.29, 0.717) is 23.1 Å². The van der Waals surface area contributed by atoms with Gasteiger partial charge in [0.15, 0.2) is 5.82 Å². The molecule has 0 aliphatic carbocycles. The molecule has 1 aromatic heterocycles. The number of nitrogens with zero attached hydrogens (tertiary/aromatic N) is 3. The largest absolute Gasteiger partial charge is 0.310 e. The predicted octanol–water partition coefficient (Wildman–Crippen LogP) is 4.24. The molecule has 0 N–H and O–H groups in total. The van der Waals surface area contributed by atoms with Gasteiger partial charge in [0.05, 0.1) is 5.88 Å². The molecule has 2 aromatic rings. The maximum absolute atomic E-state index is 13.4. The molecule has 0 unspecified atom stereocenters. The summed E-state index contributed by atoms with van der Waals surface area (Å²) in [6.07, 6.45) is 0. The van der Waals surface area contributed by atoms with Gasteiger partial charge < -0.3 is 4.57 Å². The van der Waals surface area contributed by atoms with Gasteiger partial charge in [-0.1, -0.05) is 29.8 Å². The van der Waals surface area contributed by atoms with Crippen LogP contribution in [0.15, 0.2) is 22.7 Å². The fraction of sp³-hybridized carbons (Fsp3) is 0.385. The molecular weight excluding hydrogens is 333 g/mol. The summed E-state index contributed by atoms with van der Waals surface area (Å²) in [5.41, 5.74) is 0.685. The Morgan fingerprint density at radius 1 is 1.37 bits per heavy atom. The first-order valence-electron chi connectivity index (χ1n) is 5.96. The van der Waals surface area contributed by atoms with E-state index in [1.165, 1.54) is 12.1 Å². The summed E-state index contributed by atoms with van der Waals surface area (Å²) < 4.78 is 16.1. The number of rotatable bonds is 4. The highest BCUT2D eigenvalue weighted by molar-refractivity contribution is 9.10. The lowest BCUT2D eigenvalue weighted by atomic mass is 10.2. The Morgan fingerprint density at radius 2 is 2.11 bits per heavy atom. The van der Waals surface area contributed by atoms with Crippen LogP contribution in [0.25, 0.3) is 11.4 Å². The Kier molecular flexibility index (Phi) is 4.58. The molecule has 102 valence electrons. The topological polar surface area (TPSA) is 30.7 Å². The third kappa shape index (κ3) is 3.15. The highest BCUT2D eigenvalue weighted by atomic mass is 79.9. The lowest BCUT2D eigenvalue weighted by Crippen LogP contribution is -2.09. The SMILES string of the molecule is CC(C)Cn1c(CCl)nnc1-c1cc(F)ccc1Br. The minimum Gasteiger partial charge on any atom is -0.310 e. The summed E-state index contributed by atoms with van der Waals surface area (Å²) in [7, 11) is 0. The molecule has 0 aliphatic heterocycles. The standard InChI is InChI=1S/C13H14BrClFN3/c1-8(2)7-19-12(6-15)17-18-13(19)10-5-9(16)3-4-11(10)14/h3-5,8H,6-7H2,1-2H3. The molecule has 3 nitrogen and oxygen atoms in total. The zero-order chi connectivity index (χ0) is 14.0. The van der Waals surface area contributed by atoms with E-state index >= 15 is 0 Å². The van der Waals surface area contributed by atoms with Crippen molar-refractivity contribution in [2.45, 2.75) is 26.3 Å². The van der Waals surface area contributed by atoms with Crippen LogP contribution in [0, 0.1) is 11.7 Å². The highest BCUT2D eigenvalue weighted by Crippen LogP contribution is 2.29. The van der Waals surface area contributed by atoms with Crippen LogP contribution >= 0.6 is 27.5 Å². The Hall–Kier alpha value is -0.940. The first kappa shape index (κ1) is 14.5. The van der Waals surface area contributed by atoms with E-state index in [-0.39, 0.29) is 11.7 Å². The molecule has 0 radical (unpaired) electrons. The molecule has 0 aliphatic rings. The third-order valence-electron chi connectivity index (χ3n) is 2.66. The van der Waals surface area contributed by atoms with Crippen LogP contribution in [0.2, 0.25) is 0 Å². The molecule has 0 spiro atoms. The van der Waals surface area contributed by atoms with E-state index in [0.717, 1.165) is 11.0 Å². The number of aromatic nitrogens is 3. The summed E-state index contributed by atoms with van der Waals surface area (Å²) in [4.78, 5) is 0. The van der Waals surface area contributed by atoms with Crippen molar-refractivity contribution in [3.05, 3.63) is 34.3 Å². The Morgan fingerprint density at radius 3 is 2.74 bits per heavy atom. The first-order valence-corrected chi connectivity index (χ1v) is 7.29. The molecule has 1 heterocycles. The maximum atomic E-state index is 13.4. The lowest BCUT2D eigenvalue weighted by molar-refractivity contribution is 0.515. The quantitative estimate of drug-likeness (QED) is 0.775. The fourth-order valence-corrected chi connectivity index (χ4v) is 2.48. The molecule has 2 rings (SSSR count). The molecule has 0 saturated heterocycles. The Labute approximate surface area is 124 Å². The molecule has 1 aromatic carbocycles. The van der Waals surface area contributed by atoms with Crippen LogP contribution in [0.5, 0.6) is 0 Å². The normalized spacial score (nSPS) is 11.3. The zero-order valence-corrected chi connectivity index (χ0v) is 13.0. The second-order valence-corrected chi connectivity index (χ2v) is 5.82. The highest BCUT2D eigenvalue weighted by Gasteiger charge is 2.16. The maximum Gasteiger partial charge on any atom is 0.165 e. The van der Waals surface area contributed by atoms with Gasteiger partial charge in [-0.05, 0) is 24.1 Å². The van der Waals surface area contributed by atoms with Gasteiger partial charge in [0.2, 0.25) is 0 Å². The van der Waals surface area contributed by atoms with Gasteiger partial charge >= 0.3 is 0 Å². The second-order valence-electron chi connectivity index (χ2n) is 4.70. The molecule has 0 fully saturated rings. The lowest BCUT2D eigenvalue weighted by Gasteiger charge is -2.12. The molecule has 0 bridgehead atoms. The van der Waals surface area contributed by atoms with Gasteiger partial charge in [-0.3, -0.25) is 0 Å². The van der Waals surface area contributed by atoms with Gasteiger partial charge in [-0.25, -0.2) is 4.39 Å². The first-order chi connectivity index (χ1) is 9.02. The predicted molar refractivity (Wildman–Crippen MR) is 77.5 cm³/mol. The van der Waals surface area contributed by atoms with Crippen LogP contribution in [0.1, 0.15) is 19.7 Å². The van der Waals surface area contributed by atoms with Crippen molar-refractivity contribution in [2.24, 2.45) is 5.92 Å². The molecule has 6 heteroatoms. The van der Waals surface area contributed by atoms with E-state index in [4.69, 9.17) is 11.6 Å².